The van der Waals surface area contributed by atoms with Crippen molar-refractivity contribution in [3.05, 3.63) is 47.4 Å². The standard InChI is InChI=1S/C21H25F4N5O/c1-28(2)20(14-5-4-6-15(22)11-14)9-7-19(8-10-20)13-30(18(31)26-19)17-12-16(21(23,24)25)27-29(17)3/h4-6,11-12H,7-10,13H2,1-3H3,(H,26,31)/t19-,20+. The predicted molar refractivity (Wildman–Crippen MR) is 107 cm³/mol. The maximum Gasteiger partial charge on any atom is 0.435 e. The smallest absolute Gasteiger partial charge is 0.330 e. The third-order valence-electron chi connectivity index (χ3n) is 6.75. The molecule has 2 amide bonds. The van der Waals surface area contributed by atoms with E-state index in [2.05, 4.69) is 15.3 Å². The van der Waals surface area contributed by atoms with Crippen LogP contribution >= 0.6 is 0 Å². The third-order valence-corrected chi connectivity index (χ3v) is 6.75. The molecule has 1 aromatic carbocycles. The van der Waals surface area contributed by atoms with E-state index in [9.17, 15) is 22.4 Å². The average molecular weight is 439 g/mol. The van der Waals surface area contributed by atoms with Crippen molar-refractivity contribution in [2.24, 2.45) is 7.05 Å². The van der Waals surface area contributed by atoms with Crippen LogP contribution in [0, 0.1) is 5.82 Å². The number of benzene rings is 1. The fraction of sp³-hybridized carbons (Fsp3) is 0.524. The van der Waals surface area contributed by atoms with Crippen LogP contribution < -0.4 is 10.2 Å². The number of aryl methyl sites for hydroxylation is 1. The molecule has 1 spiro atoms. The van der Waals surface area contributed by atoms with Crippen LogP contribution in [0.3, 0.4) is 0 Å². The Balaban J connectivity index is 1.57. The SMILES string of the molecule is Cn1nc(C(F)(F)F)cc1N1C[C@]2(CC[C@](c3cccc(F)c3)(N(C)C)CC2)NC1=O. The number of alkyl halides is 3. The van der Waals surface area contributed by atoms with Crippen LogP contribution in [0.1, 0.15) is 36.9 Å². The minimum atomic E-state index is -4.58. The van der Waals surface area contributed by atoms with Crippen molar-refractivity contribution in [2.45, 2.75) is 42.9 Å². The molecule has 168 valence electrons. The monoisotopic (exact) mass is 439 g/mol. The lowest BCUT2D eigenvalue weighted by atomic mass is 9.69. The molecular formula is C21H25F4N5O. The number of anilines is 1. The van der Waals surface area contributed by atoms with Crippen molar-refractivity contribution in [2.75, 3.05) is 25.5 Å². The first-order valence-corrected chi connectivity index (χ1v) is 10.1. The number of carbonyl (C=O) groups is 1. The topological polar surface area (TPSA) is 53.4 Å². The number of nitrogens with zero attached hydrogens (tertiary/aromatic N) is 4. The van der Waals surface area contributed by atoms with Gasteiger partial charge < -0.3 is 5.32 Å². The van der Waals surface area contributed by atoms with E-state index in [1.807, 2.05) is 20.2 Å². The van der Waals surface area contributed by atoms with E-state index in [4.69, 9.17) is 0 Å². The fourth-order valence-corrected chi connectivity index (χ4v) is 4.94. The van der Waals surface area contributed by atoms with Crippen LogP contribution in [0.5, 0.6) is 0 Å². The molecule has 31 heavy (non-hydrogen) atoms. The highest BCUT2D eigenvalue weighted by Crippen LogP contribution is 2.46. The van der Waals surface area contributed by atoms with E-state index in [1.54, 1.807) is 12.1 Å². The van der Waals surface area contributed by atoms with Gasteiger partial charge >= 0.3 is 12.2 Å². The molecule has 6 nitrogen and oxygen atoms in total. The van der Waals surface area contributed by atoms with Crippen LogP contribution in [-0.4, -0.2) is 46.9 Å². The van der Waals surface area contributed by atoms with Gasteiger partial charge in [-0.2, -0.15) is 18.3 Å². The summed E-state index contributed by atoms with van der Waals surface area (Å²) < 4.78 is 54.1. The van der Waals surface area contributed by atoms with Crippen LogP contribution in [-0.2, 0) is 18.8 Å². The van der Waals surface area contributed by atoms with Gasteiger partial charge in [0.25, 0.3) is 0 Å². The molecule has 1 saturated carbocycles. The molecule has 0 bridgehead atoms. The maximum absolute atomic E-state index is 13.9. The first-order chi connectivity index (χ1) is 14.5. The zero-order valence-electron chi connectivity index (χ0n) is 17.6. The zero-order valence-corrected chi connectivity index (χ0v) is 17.6. The van der Waals surface area contributed by atoms with Gasteiger partial charge in [-0.05, 0) is 57.5 Å². The molecule has 1 saturated heterocycles. The summed E-state index contributed by atoms with van der Waals surface area (Å²) in [5, 5.41) is 6.52. The van der Waals surface area contributed by atoms with Crippen LogP contribution in [0.25, 0.3) is 0 Å². The molecule has 1 aromatic heterocycles. The zero-order chi connectivity index (χ0) is 22.6. The summed E-state index contributed by atoms with van der Waals surface area (Å²) in [5.74, 6) is -0.188. The summed E-state index contributed by atoms with van der Waals surface area (Å²) in [6.07, 6.45) is -1.99. The van der Waals surface area contributed by atoms with E-state index in [0.29, 0.717) is 25.7 Å². The van der Waals surface area contributed by atoms with E-state index in [0.717, 1.165) is 16.3 Å². The van der Waals surface area contributed by atoms with Gasteiger partial charge in [-0.15, -0.1) is 0 Å². The van der Waals surface area contributed by atoms with E-state index in [-0.39, 0.29) is 23.7 Å². The second-order valence-electron chi connectivity index (χ2n) is 8.74. The van der Waals surface area contributed by atoms with Crippen LogP contribution in [0.2, 0.25) is 0 Å². The Labute approximate surface area is 177 Å². The van der Waals surface area contributed by atoms with Gasteiger partial charge in [-0.3, -0.25) is 14.5 Å². The lowest BCUT2D eigenvalue weighted by Gasteiger charge is -2.48. The Bertz CT molecular complexity index is 992. The van der Waals surface area contributed by atoms with Gasteiger partial charge in [0.2, 0.25) is 0 Å². The Morgan fingerprint density at radius 3 is 2.35 bits per heavy atom. The van der Waals surface area contributed by atoms with Crippen LogP contribution in [0.15, 0.2) is 30.3 Å². The van der Waals surface area contributed by atoms with E-state index in [1.165, 1.54) is 18.0 Å². The maximum atomic E-state index is 13.9. The number of aromatic nitrogens is 2. The lowest BCUT2D eigenvalue weighted by Crippen LogP contribution is -2.54. The number of hydrogen-bond acceptors (Lipinski definition) is 3. The van der Waals surface area contributed by atoms with Crippen molar-refractivity contribution in [3.8, 4) is 0 Å². The second-order valence-corrected chi connectivity index (χ2v) is 8.74. The summed E-state index contributed by atoms with van der Waals surface area (Å²) in [5.41, 5.74) is -1.07. The number of amides is 2. The molecule has 1 aliphatic heterocycles. The highest BCUT2D eigenvalue weighted by Gasteiger charge is 2.51. The molecule has 0 atom stereocenters. The Morgan fingerprint density at radius 2 is 1.81 bits per heavy atom. The largest absolute Gasteiger partial charge is 0.435 e. The van der Waals surface area contributed by atoms with Crippen molar-refractivity contribution in [3.63, 3.8) is 0 Å². The Hall–Kier alpha value is -2.62. The number of hydrogen-bond donors (Lipinski definition) is 1. The minimum absolute atomic E-state index is 0.108. The molecule has 2 aromatic rings. The normalized spacial score (nSPS) is 26.7. The number of rotatable bonds is 3. The van der Waals surface area contributed by atoms with Gasteiger partial charge in [0.05, 0.1) is 12.1 Å². The Kier molecular flexibility index (Phi) is 5.03. The molecule has 1 aliphatic carbocycles. The van der Waals surface area contributed by atoms with E-state index >= 15 is 0 Å². The van der Waals surface area contributed by atoms with Crippen LogP contribution in [0.4, 0.5) is 28.2 Å². The molecule has 2 aliphatic rings. The molecule has 0 radical (unpaired) electrons. The lowest BCUT2D eigenvalue weighted by molar-refractivity contribution is -0.141. The van der Waals surface area contributed by atoms with Gasteiger partial charge in [0.1, 0.15) is 11.6 Å². The minimum Gasteiger partial charge on any atom is -0.330 e. The van der Waals surface area contributed by atoms with Crippen molar-refractivity contribution in [1.82, 2.24) is 20.0 Å². The second kappa shape index (κ2) is 7.22. The molecule has 1 N–H and O–H groups in total. The van der Waals surface area contributed by atoms with E-state index < -0.39 is 23.4 Å². The summed E-state index contributed by atoms with van der Waals surface area (Å²) >= 11 is 0. The summed E-state index contributed by atoms with van der Waals surface area (Å²) in [6.45, 7) is 0.259. The number of halogens is 4. The molecule has 2 heterocycles. The summed E-state index contributed by atoms with van der Waals surface area (Å²) in [7, 11) is 5.30. The fourth-order valence-electron chi connectivity index (χ4n) is 4.94. The Morgan fingerprint density at radius 1 is 1.13 bits per heavy atom. The van der Waals surface area contributed by atoms with Gasteiger partial charge in [0.15, 0.2) is 5.69 Å². The van der Waals surface area contributed by atoms with Gasteiger partial charge in [0, 0.05) is 18.7 Å². The van der Waals surface area contributed by atoms with Crippen molar-refractivity contribution < 1.29 is 22.4 Å². The van der Waals surface area contributed by atoms with Crippen molar-refractivity contribution in [1.29, 1.82) is 0 Å². The average Bonchev–Trinajstić information content (AvgIpc) is 3.22. The van der Waals surface area contributed by atoms with Gasteiger partial charge in [-0.25, -0.2) is 9.18 Å². The molecular weight excluding hydrogens is 414 g/mol. The highest BCUT2D eigenvalue weighted by molar-refractivity contribution is 5.94. The van der Waals surface area contributed by atoms with Gasteiger partial charge in [-0.1, -0.05) is 12.1 Å². The molecule has 0 unspecified atom stereocenters. The number of urea groups is 1. The first kappa shape index (κ1) is 21.6. The third kappa shape index (κ3) is 3.66. The highest BCUT2D eigenvalue weighted by atomic mass is 19.4. The quantitative estimate of drug-likeness (QED) is 0.739. The van der Waals surface area contributed by atoms with Crippen molar-refractivity contribution >= 4 is 11.8 Å². The molecule has 10 heteroatoms. The first-order valence-electron chi connectivity index (χ1n) is 10.1. The number of nitrogens with one attached hydrogen (secondary N) is 1. The predicted octanol–water partition coefficient (Wildman–Crippen LogP) is 3.88. The molecule has 2 fully saturated rings. The number of carbonyl (C=O) groups excluding carboxylic acids is 1. The summed E-state index contributed by atoms with van der Waals surface area (Å²) in [6, 6.07) is 7.04. The molecule has 4 rings (SSSR count). The summed E-state index contributed by atoms with van der Waals surface area (Å²) in [4.78, 5) is 16.1.